The first-order chi connectivity index (χ1) is 24.7. The van der Waals surface area contributed by atoms with Crippen molar-refractivity contribution in [3.05, 3.63) is 99.6 Å². The minimum Gasteiger partial charge on any atom is -0.392 e. The second-order valence-electron chi connectivity index (χ2n) is 15.8. The molecule has 3 aromatic carbocycles. The third kappa shape index (κ3) is 7.35. The van der Waals surface area contributed by atoms with E-state index in [0.717, 1.165) is 97.8 Å². The highest BCUT2D eigenvalue weighted by Gasteiger charge is 2.51. The maximum absolute atomic E-state index is 13.2. The minimum atomic E-state index is -0.593. The van der Waals surface area contributed by atoms with Gasteiger partial charge in [0.25, 0.3) is 5.69 Å². The zero-order valence-corrected chi connectivity index (χ0v) is 29.3. The molecule has 4 atom stereocenters. The fraction of sp³-hybridized carbons (Fsp3) is 0.525. The Hall–Kier alpha value is -4.03. The van der Waals surface area contributed by atoms with E-state index >= 15 is 0 Å². The van der Waals surface area contributed by atoms with E-state index in [9.17, 15) is 20.0 Å². The number of nitro groups is 1. The lowest BCUT2D eigenvalue weighted by Crippen LogP contribution is -2.60. The van der Waals surface area contributed by atoms with Gasteiger partial charge in [-0.3, -0.25) is 15.0 Å². The Bertz CT molecular complexity index is 1660. The summed E-state index contributed by atoms with van der Waals surface area (Å²) in [4.78, 5) is 28.6. The van der Waals surface area contributed by atoms with Gasteiger partial charge in [-0.1, -0.05) is 43.3 Å². The molecule has 11 heteroatoms. The molecule has 9 rings (SSSR count). The summed E-state index contributed by atoms with van der Waals surface area (Å²) in [6.45, 7) is 6.22. The molecule has 2 amide bonds. The van der Waals surface area contributed by atoms with Crippen LogP contribution in [0.2, 0.25) is 0 Å². The number of nitrogens with one attached hydrogen (secondary N) is 2. The van der Waals surface area contributed by atoms with Crippen molar-refractivity contribution < 1.29 is 24.3 Å². The Morgan fingerprint density at radius 1 is 0.863 bits per heavy atom. The van der Waals surface area contributed by atoms with E-state index in [-0.39, 0.29) is 46.9 Å². The zero-order valence-electron chi connectivity index (χ0n) is 29.3. The lowest BCUT2D eigenvalue weighted by Gasteiger charge is -2.56. The summed E-state index contributed by atoms with van der Waals surface area (Å²) in [5.41, 5.74) is 4.57. The van der Waals surface area contributed by atoms with Gasteiger partial charge in [0.2, 0.25) is 0 Å². The molecular formula is C40H49N5O6. The van der Waals surface area contributed by atoms with E-state index in [1.807, 2.05) is 60.7 Å². The smallest absolute Gasteiger partial charge is 0.319 e. The molecule has 0 radical (unpaired) electrons. The van der Waals surface area contributed by atoms with Crippen LogP contribution in [-0.4, -0.2) is 65.3 Å². The number of amides is 2. The largest absolute Gasteiger partial charge is 0.392 e. The molecule has 0 spiro atoms. The number of benzene rings is 3. The van der Waals surface area contributed by atoms with Crippen molar-refractivity contribution in [2.45, 2.75) is 76.1 Å². The van der Waals surface area contributed by atoms with Crippen molar-refractivity contribution in [3.8, 4) is 0 Å². The number of hydrogen-bond donors (Lipinski definition) is 3. The van der Waals surface area contributed by atoms with Gasteiger partial charge in [-0.2, -0.15) is 0 Å². The molecule has 0 aromatic heterocycles. The minimum absolute atomic E-state index is 0.0114. The molecule has 11 nitrogen and oxygen atoms in total. The molecular weight excluding hydrogens is 646 g/mol. The highest BCUT2D eigenvalue weighted by Crippen LogP contribution is 2.55. The fourth-order valence-electron chi connectivity index (χ4n) is 9.95. The predicted molar refractivity (Wildman–Crippen MR) is 194 cm³/mol. The molecule has 4 saturated carbocycles. The predicted octanol–water partition coefficient (Wildman–Crippen LogP) is 6.79. The second-order valence-corrected chi connectivity index (χ2v) is 15.8. The summed E-state index contributed by atoms with van der Waals surface area (Å²) in [6, 6.07) is 22.4. The Labute approximate surface area is 299 Å². The molecule has 2 saturated heterocycles. The average molecular weight is 696 g/mol. The van der Waals surface area contributed by atoms with E-state index < -0.39 is 6.29 Å². The van der Waals surface area contributed by atoms with E-state index in [2.05, 4.69) is 27.4 Å². The van der Waals surface area contributed by atoms with Gasteiger partial charge in [0.05, 0.1) is 23.7 Å². The Kier molecular flexibility index (Phi) is 9.47. The summed E-state index contributed by atoms with van der Waals surface area (Å²) in [7, 11) is 0. The molecule has 4 unspecified atom stereocenters. The third-order valence-electron chi connectivity index (χ3n) is 12.2. The monoisotopic (exact) mass is 695 g/mol. The van der Waals surface area contributed by atoms with E-state index in [4.69, 9.17) is 9.47 Å². The van der Waals surface area contributed by atoms with Crippen molar-refractivity contribution in [3.63, 3.8) is 0 Å². The summed E-state index contributed by atoms with van der Waals surface area (Å²) < 4.78 is 13.4. The number of anilines is 2. The van der Waals surface area contributed by atoms with E-state index in [1.165, 1.54) is 19.3 Å². The van der Waals surface area contributed by atoms with Crippen LogP contribution >= 0.6 is 0 Å². The first kappa shape index (κ1) is 34.1. The van der Waals surface area contributed by atoms with Crippen molar-refractivity contribution in [2.75, 3.05) is 42.9 Å². The number of hydrogen-bond acceptors (Lipinski definition) is 8. The Morgan fingerprint density at radius 2 is 1.47 bits per heavy atom. The summed E-state index contributed by atoms with van der Waals surface area (Å²) in [5.74, 6) is 2.35. The standard InChI is InChI=1S/C40H49N5O6/c1-26-36(24-43-14-16-44(17-15-43)34-10-12-35(13-11-34)45(48)49)50-38(51-37(26)31-4-2-27(25-46)3-5-31)32-6-8-33(9-7-32)41-39(47)42-40-21-28-18-29(22-40)20-30(19-28)23-40/h2-13,26,28-30,36-38,46H,14-25H2,1H3,(H2,41,42,47). The van der Waals surface area contributed by atoms with Crippen molar-refractivity contribution >= 4 is 23.1 Å². The van der Waals surface area contributed by atoms with Gasteiger partial charge in [-0.25, -0.2) is 4.79 Å². The number of aliphatic hydroxyl groups excluding tert-OH is 1. The van der Waals surface area contributed by atoms with Crippen LogP contribution in [0.1, 0.15) is 74.5 Å². The normalized spacial score (nSPS) is 31.7. The average Bonchev–Trinajstić information content (AvgIpc) is 3.12. The molecule has 4 aliphatic carbocycles. The Morgan fingerprint density at radius 3 is 2.06 bits per heavy atom. The third-order valence-corrected chi connectivity index (χ3v) is 12.2. The van der Waals surface area contributed by atoms with Gasteiger partial charge in [0.1, 0.15) is 0 Å². The first-order valence-corrected chi connectivity index (χ1v) is 18.6. The van der Waals surface area contributed by atoms with Crippen LogP contribution < -0.4 is 15.5 Å². The van der Waals surface area contributed by atoms with E-state index in [0.29, 0.717) is 0 Å². The van der Waals surface area contributed by atoms with Crippen molar-refractivity contribution in [2.24, 2.45) is 23.7 Å². The van der Waals surface area contributed by atoms with Crippen LogP contribution in [0.3, 0.4) is 0 Å². The molecule has 2 heterocycles. The number of piperazine rings is 1. The summed E-state index contributed by atoms with van der Waals surface area (Å²) in [5, 5.41) is 27.2. The number of ether oxygens (including phenoxy) is 2. The number of carbonyl (C=O) groups excluding carboxylic acids is 1. The topological polar surface area (TPSA) is 129 Å². The van der Waals surface area contributed by atoms with Gasteiger partial charge in [0.15, 0.2) is 6.29 Å². The number of non-ortho nitro benzene ring substituents is 1. The van der Waals surface area contributed by atoms with Crippen molar-refractivity contribution in [1.82, 2.24) is 10.2 Å². The van der Waals surface area contributed by atoms with Crippen molar-refractivity contribution in [1.29, 1.82) is 0 Å². The van der Waals surface area contributed by atoms with Crippen LogP contribution in [0.15, 0.2) is 72.8 Å². The quantitative estimate of drug-likeness (QED) is 0.165. The van der Waals surface area contributed by atoms with Crippen LogP contribution in [0.25, 0.3) is 0 Å². The van der Waals surface area contributed by atoms with Gasteiger partial charge < -0.3 is 30.1 Å². The molecule has 6 aliphatic rings. The van der Waals surface area contributed by atoms with Crippen LogP contribution in [-0.2, 0) is 16.1 Å². The summed E-state index contributed by atoms with van der Waals surface area (Å²) in [6.07, 6.45) is 6.43. The number of nitro benzene ring substituents is 1. The molecule has 270 valence electrons. The molecule has 3 aromatic rings. The molecule has 2 aliphatic heterocycles. The number of carbonyl (C=O) groups is 1. The van der Waals surface area contributed by atoms with Gasteiger partial charge in [0, 0.05) is 73.3 Å². The first-order valence-electron chi connectivity index (χ1n) is 18.6. The number of aliphatic hydroxyl groups is 1. The van der Waals surface area contributed by atoms with Crippen LogP contribution in [0, 0.1) is 33.8 Å². The Balaban J connectivity index is 0.929. The van der Waals surface area contributed by atoms with Crippen LogP contribution in [0.4, 0.5) is 21.9 Å². The van der Waals surface area contributed by atoms with E-state index in [1.54, 1.807) is 12.1 Å². The highest BCUT2D eigenvalue weighted by atomic mass is 16.7. The lowest BCUT2D eigenvalue weighted by atomic mass is 9.53. The number of rotatable bonds is 9. The van der Waals surface area contributed by atoms with Gasteiger partial charge >= 0.3 is 6.03 Å². The lowest BCUT2D eigenvalue weighted by molar-refractivity contribution is -0.384. The fourth-order valence-corrected chi connectivity index (χ4v) is 9.95. The molecule has 51 heavy (non-hydrogen) atoms. The SMILES string of the molecule is CC1C(CN2CCN(c3ccc([N+](=O)[O-])cc3)CC2)OC(c2ccc(NC(=O)NC34CC5CC(CC(C5)C3)C4)cc2)OC1c1ccc(CO)cc1. The van der Waals surface area contributed by atoms with Gasteiger partial charge in [-0.05, 0) is 91.7 Å². The number of nitrogens with zero attached hydrogens (tertiary/aromatic N) is 3. The molecule has 6 fully saturated rings. The highest BCUT2D eigenvalue weighted by molar-refractivity contribution is 5.89. The summed E-state index contributed by atoms with van der Waals surface area (Å²) >= 11 is 0. The van der Waals surface area contributed by atoms with Crippen LogP contribution in [0.5, 0.6) is 0 Å². The number of urea groups is 1. The second kappa shape index (κ2) is 14.2. The maximum Gasteiger partial charge on any atom is 0.319 e. The maximum atomic E-state index is 13.2. The molecule has 3 N–H and O–H groups in total. The molecule has 4 bridgehead atoms. The zero-order chi connectivity index (χ0) is 35.1. The van der Waals surface area contributed by atoms with Gasteiger partial charge in [-0.15, -0.1) is 0 Å².